The van der Waals surface area contributed by atoms with Crippen LogP contribution in [0.2, 0.25) is 0 Å². The minimum Gasteiger partial charge on any atom is -0.481 e. The Labute approximate surface area is 78.9 Å². The Kier molecular flexibility index (Phi) is 3.30. The molecule has 0 spiro atoms. The van der Waals surface area contributed by atoms with Crippen molar-refractivity contribution in [3.8, 4) is 0 Å². The highest BCUT2D eigenvalue weighted by Gasteiger charge is 2.26. The number of hydrogen-bond acceptors (Lipinski definition) is 4. The van der Waals surface area contributed by atoms with Crippen molar-refractivity contribution in [1.82, 2.24) is 5.32 Å². The second kappa shape index (κ2) is 4.27. The summed E-state index contributed by atoms with van der Waals surface area (Å²) in [5, 5.41) is 10.7. The van der Waals surface area contributed by atoms with Crippen molar-refractivity contribution in [3.63, 3.8) is 0 Å². The summed E-state index contributed by atoms with van der Waals surface area (Å²) in [6.07, 6.45) is 0.0736. The van der Waals surface area contributed by atoms with Crippen LogP contribution >= 0.6 is 11.8 Å². The van der Waals surface area contributed by atoms with Crippen LogP contribution in [0.4, 0.5) is 0 Å². The molecule has 0 saturated carbocycles. The zero-order valence-electron chi connectivity index (χ0n) is 6.78. The molecule has 2 N–H and O–H groups in total. The molecule has 1 saturated heterocycles. The average Bonchev–Trinajstić information content (AvgIpc) is 2.06. The molecule has 0 radical (unpaired) electrons. The summed E-state index contributed by atoms with van der Waals surface area (Å²) in [6, 6.07) is -0.623. The molecule has 0 aromatic heterocycles. The molecule has 0 aliphatic carbocycles. The molecule has 0 bridgehead atoms. The molecule has 1 fully saturated rings. The lowest BCUT2D eigenvalue weighted by Gasteiger charge is -2.20. The lowest BCUT2D eigenvalue weighted by atomic mass is 10.1. The Morgan fingerprint density at radius 1 is 1.62 bits per heavy atom. The van der Waals surface area contributed by atoms with E-state index in [0.29, 0.717) is 0 Å². The van der Waals surface area contributed by atoms with Crippen molar-refractivity contribution in [2.45, 2.75) is 18.9 Å². The van der Waals surface area contributed by atoms with E-state index >= 15 is 0 Å². The highest BCUT2D eigenvalue weighted by atomic mass is 32.2. The molecule has 6 heteroatoms. The van der Waals surface area contributed by atoms with E-state index in [2.05, 4.69) is 5.32 Å². The van der Waals surface area contributed by atoms with Gasteiger partial charge in [-0.3, -0.25) is 14.4 Å². The Hall–Kier alpha value is -1.04. The Bertz CT molecular complexity index is 253. The fraction of sp³-hybridized carbons (Fsp3) is 0.571. The fourth-order valence-electron chi connectivity index (χ4n) is 0.990. The van der Waals surface area contributed by atoms with Gasteiger partial charge in [0.25, 0.3) is 0 Å². The number of amides is 1. The van der Waals surface area contributed by atoms with Crippen LogP contribution in [0.25, 0.3) is 0 Å². The van der Waals surface area contributed by atoms with Crippen molar-refractivity contribution in [2.24, 2.45) is 0 Å². The Morgan fingerprint density at radius 3 is 2.92 bits per heavy atom. The number of hydrogen-bond donors (Lipinski definition) is 2. The number of aliphatic carboxylic acids is 1. The lowest BCUT2D eigenvalue weighted by Crippen LogP contribution is -2.45. The van der Waals surface area contributed by atoms with Crippen LogP contribution in [0.15, 0.2) is 0 Å². The number of carboxylic acids is 1. The van der Waals surface area contributed by atoms with Crippen LogP contribution in [0, 0.1) is 0 Å². The SMILES string of the molecule is O=C(O)CCC1NC(=O)CSC1=O. The normalized spacial score (nSPS) is 22.6. The first-order chi connectivity index (χ1) is 6.09. The minimum atomic E-state index is -0.961. The second-order valence-corrected chi connectivity index (χ2v) is 3.64. The number of carbonyl (C=O) groups is 3. The van der Waals surface area contributed by atoms with Gasteiger partial charge in [-0.15, -0.1) is 0 Å². The van der Waals surface area contributed by atoms with Gasteiger partial charge in [0.2, 0.25) is 11.0 Å². The van der Waals surface area contributed by atoms with E-state index in [-0.39, 0.29) is 29.6 Å². The van der Waals surface area contributed by atoms with Gasteiger partial charge >= 0.3 is 5.97 Å². The number of carbonyl (C=O) groups excluding carboxylic acids is 2. The number of nitrogens with one attached hydrogen (secondary N) is 1. The highest BCUT2D eigenvalue weighted by molar-refractivity contribution is 8.14. The molecular weight excluding hydrogens is 194 g/mol. The van der Waals surface area contributed by atoms with E-state index in [1.165, 1.54) is 0 Å². The molecule has 1 rings (SSSR count). The summed E-state index contributed by atoms with van der Waals surface area (Å²) in [5.41, 5.74) is 0. The lowest BCUT2D eigenvalue weighted by molar-refractivity contribution is -0.137. The third-order valence-corrected chi connectivity index (χ3v) is 2.59. The molecule has 5 nitrogen and oxygen atoms in total. The summed E-state index contributed by atoms with van der Waals surface area (Å²) in [4.78, 5) is 32.1. The van der Waals surface area contributed by atoms with Gasteiger partial charge in [0, 0.05) is 6.42 Å². The maximum absolute atomic E-state index is 11.1. The van der Waals surface area contributed by atoms with E-state index in [1.807, 2.05) is 0 Å². The predicted octanol–water partition coefficient (Wildman–Crippen LogP) is -0.391. The molecule has 1 atom stereocenters. The van der Waals surface area contributed by atoms with Gasteiger partial charge in [0.05, 0.1) is 11.8 Å². The van der Waals surface area contributed by atoms with Crippen molar-refractivity contribution in [2.75, 3.05) is 5.75 Å². The summed E-state index contributed by atoms with van der Waals surface area (Å²) in [6.45, 7) is 0. The molecule has 1 amide bonds. The van der Waals surface area contributed by atoms with Gasteiger partial charge in [-0.05, 0) is 6.42 Å². The zero-order valence-corrected chi connectivity index (χ0v) is 7.60. The predicted molar refractivity (Wildman–Crippen MR) is 46.3 cm³/mol. The Morgan fingerprint density at radius 2 is 2.31 bits per heavy atom. The van der Waals surface area contributed by atoms with Gasteiger partial charge in [0.1, 0.15) is 0 Å². The second-order valence-electron chi connectivity index (χ2n) is 2.66. The largest absolute Gasteiger partial charge is 0.481 e. The maximum atomic E-state index is 11.1. The zero-order chi connectivity index (χ0) is 9.84. The van der Waals surface area contributed by atoms with Crippen LogP contribution in [-0.2, 0) is 14.4 Å². The van der Waals surface area contributed by atoms with Crippen molar-refractivity contribution in [3.05, 3.63) is 0 Å². The molecule has 0 aromatic carbocycles. The maximum Gasteiger partial charge on any atom is 0.303 e. The van der Waals surface area contributed by atoms with Crippen molar-refractivity contribution >= 4 is 28.8 Å². The van der Waals surface area contributed by atoms with Gasteiger partial charge in [0.15, 0.2) is 0 Å². The number of carboxylic acid groups (broad SMARTS) is 1. The molecule has 1 aliphatic rings. The van der Waals surface area contributed by atoms with Gasteiger partial charge < -0.3 is 10.4 Å². The molecule has 72 valence electrons. The third kappa shape index (κ3) is 3.06. The summed E-state index contributed by atoms with van der Waals surface area (Å²) in [5.74, 6) is -1.03. The van der Waals surface area contributed by atoms with Crippen LogP contribution in [0.5, 0.6) is 0 Å². The van der Waals surface area contributed by atoms with Crippen molar-refractivity contribution in [1.29, 1.82) is 0 Å². The first kappa shape index (κ1) is 10.0. The molecule has 1 heterocycles. The number of thioether (sulfide) groups is 1. The minimum absolute atomic E-state index is 0.1000. The van der Waals surface area contributed by atoms with Crippen molar-refractivity contribution < 1.29 is 19.5 Å². The van der Waals surface area contributed by atoms with Crippen LogP contribution < -0.4 is 5.32 Å². The van der Waals surface area contributed by atoms with E-state index in [1.54, 1.807) is 0 Å². The first-order valence-electron chi connectivity index (χ1n) is 3.77. The molecule has 1 unspecified atom stereocenters. The van der Waals surface area contributed by atoms with Gasteiger partial charge in [-0.2, -0.15) is 0 Å². The first-order valence-corrected chi connectivity index (χ1v) is 4.76. The third-order valence-electron chi connectivity index (χ3n) is 1.61. The standard InChI is InChI=1S/C7H9NO4S/c9-5-3-13-7(12)4(8-5)1-2-6(10)11/h4H,1-3H2,(H,8,9)(H,10,11). The molecule has 1 aliphatic heterocycles. The monoisotopic (exact) mass is 203 g/mol. The quantitative estimate of drug-likeness (QED) is 0.652. The highest BCUT2D eigenvalue weighted by Crippen LogP contribution is 2.14. The van der Waals surface area contributed by atoms with E-state index in [0.717, 1.165) is 11.8 Å². The summed E-state index contributed by atoms with van der Waals surface area (Å²) >= 11 is 0.942. The van der Waals surface area contributed by atoms with E-state index in [9.17, 15) is 14.4 Å². The van der Waals surface area contributed by atoms with Gasteiger partial charge in [-0.1, -0.05) is 11.8 Å². The van der Waals surface area contributed by atoms with E-state index < -0.39 is 12.0 Å². The molecule has 0 aromatic rings. The summed E-state index contributed by atoms with van der Waals surface area (Å²) < 4.78 is 0. The fourth-order valence-corrected chi connectivity index (χ4v) is 1.72. The molecule has 13 heavy (non-hydrogen) atoms. The number of rotatable bonds is 3. The summed E-state index contributed by atoms with van der Waals surface area (Å²) in [7, 11) is 0. The average molecular weight is 203 g/mol. The van der Waals surface area contributed by atoms with Crippen LogP contribution in [0.1, 0.15) is 12.8 Å². The smallest absolute Gasteiger partial charge is 0.303 e. The Balaban J connectivity index is 2.42. The molecular formula is C7H9NO4S. The van der Waals surface area contributed by atoms with E-state index in [4.69, 9.17) is 5.11 Å². The van der Waals surface area contributed by atoms with Gasteiger partial charge in [-0.25, -0.2) is 0 Å². The van der Waals surface area contributed by atoms with Crippen LogP contribution in [-0.4, -0.2) is 33.9 Å². The topological polar surface area (TPSA) is 83.5 Å². The van der Waals surface area contributed by atoms with Crippen LogP contribution in [0.3, 0.4) is 0 Å².